The van der Waals surface area contributed by atoms with Gasteiger partial charge in [-0.2, -0.15) is 0 Å². The number of anilines is 1. The van der Waals surface area contributed by atoms with Gasteiger partial charge in [0.2, 0.25) is 0 Å². The van der Waals surface area contributed by atoms with Gasteiger partial charge >= 0.3 is 6.03 Å². The maximum Gasteiger partial charge on any atom is 0.323 e. The molecule has 0 fully saturated rings. The Bertz CT molecular complexity index is 851. The number of carbonyl (C=O) groups is 1. The predicted octanol–water partition coefficient (Wildman–Crippen LogP) is 5.62. The number of thioether (sulfide) groups is 1. The maximum absolute atomic E-state index is 12.3. The van der Waals surface area contributed by atoms with E-state index in [-0.39, 0.29) is 6.03 Å². The van der Waals surface area contributed by atoms with Crippen molar-refractivity contribution in [3.8, 4) is 0 Å². The van der Waals surface area contributed by atoms with Crippen LogP contribution in [-0.2, 0) is 0 Å². The number of carbonyl (C=O) groups excluding carboxylic acids is 1. The van der Waals surface area contributed by atoms with Crippen molar-refractivity contribution in [1.29, 1.82) is 0 Å². The molecule has 3 aromatic rings. The number of rotatable bonds is 5. The second-order valence-electron chi connectivity index (χ2n) is 5.62. The fraction of sp³-hybridized carbons (Fsp3) is 0.0455. The van der Waals surface area contributed by atoms with Gasteiger partial charge in [-0.3, -0.25) is 0 Å². The minimum Gasteiger partial charge on any atom is -0.314 e. The Morgan fingerprint density at radius 2 is 1.46 bits per heavy atom. The topological polar surface area (TPSA) is 41.1 Å². The standard InChI is InChI=1S/C22H20N2OS/c1-26-20-14-8-13-19(15-20)24-22(25)23-16-21(17-9-4-2-5-10-17)18-11-6-3-7-12-18/h2-16H,1H3,(H2,23,24,25). The average Bonchev–Trinajstić information content (AvgIpc) is 2.70. The van der Waals surface area contributed by atoms with Gasteiger partial charge in [-0.25, -0.2) is 4.79 Å². The first-order valence-electron chi connectivity index (χ1n) is 8.29. The number of nitrogens with one attached hydrogen (secondary N) is 2. The van der Waals surface area contributed by atoms with Crippen molar-refractivity contribution in [2.75, 3.05) is 11.6 Å². The molecule has 2 N–H and O–H groups in total. The second kappa shape index (κ2) is 8.92. The second-order valence-corrected chi connectivity index (χ2v) is 6.50. The first-order chi connectivity index (χ1) is 12.8. The fourth-order valence-electron chi connectivity index (χ4n) is 2.57. The molecule has 26 heavy (non-hydrogen) atoms. The summed E-state index contributed by atoms with van der Waals surface area (Å²) >= 11 is 1.64. The van der Waals surface area contributed by atoms with E-state index in [2.05, 4.69) is 10.6 Å². The average molecular weight is 360 g/mol. The van der Waals surface area contributed by atoms with Gasteiger partial charge < -0.3 is 10.6 Å². The minimum absolute atomic E-state index is 0.271. The Morgan fingerprint density at radius 1 is 0.846 bits per heavy atom. The smallest absolute Gasteiger partial charge is 0.314 e. The molecule has 0 unspecified atom stereocenters. The van der Waals surface area contributed by atoms with E-state index in [0.717, 1.165) is 27.3 Å². The summed E-state index contributed by atoms with van der Waals surface area (Å²) in [5, 5.41) is 5.71. The van der Waals surface area contributed by atoms with E-state index in [1.54, 1.807) is 18.0 Å². The summed E-state index contributed by atoms with van der Waals surface area (Å²) < 4.78 is 0. The van der Waals surface area contributed by atoms with Gasteiger partial charge in [-0.05, 0) is 35.6 Å². The summed E-state index contributed by atoms with van der Waals surface area (Å²) in [5.74, 6) is 0. The monoisotopic (exact) mass is 360 g/mol. The van der Waals surface area contributed by atoms with Crippen LogP contribution in [0.15, 0.2) is 96.0 Å². The van der Waals surface area contributed by atoms with E-state index < -0.39 is 0 Å². The largest absolute Gasteiger partial charge is 0.323 e. The molecule has 0 atom stereocenters. The Morgan fingerprint density at radius 3 is 2.04 bits per heavy atom. The normalized spacial score (nSPS) is 10.0. The number of benzene rings is 3. The van der Waals surface area contributed by atoms with Crippen LogP contribution in [0.25, 0.3) is 5.57 Å². The lowest BCUT2D eigenvalue weighted by Crippen LogP contribution is -2.24. The van der Waals surface area contributed by atoms with Gasteiger partial charge in [-0.1, -0.05) is 66.7 Å². The minimum atomic E-state index is -0.271. The molecule has 130 valence electrons. The first kappa shape index (κ1) is 17.8. The Kier molecular flexibility index (Phi) is 6.12. The summed E-state index contributed by atoms with van der Waals surface area (Å²) in [6.07, 6.45) is 3.76. The van der Waals surface area contributed by atoms with Gasteiger partial charge in [0.05, 0.1) is 0 Å². The molecule has 0 radical (unpaired) electrons. The zero-order valence-electron chi connectivity index (χ0n) is 14.5. The molecular weight excluding hydrogens is 340 g/mol. The van der Waals surface area contributed by atoms with E-state index in [4.69, 9.17) is 0 Å². The van der Waals surface area contributed by atoms with Gasteiger partial charge in [0.25, 0.3) is 0 Å². The quantitative estimate of drug-likeness (QED) is 0.580. The molecule has 0 aliphatic carbocycles. The molecule has 0 heterocycles. The van der Waals surface area contributed by atoms with Crippen LogP contribution in [0.4, 0.5) is 10.5 Å². The molecule has 4 heteroatoms. The molecule has 0 aliphatic rings. The van der Waals surface area contributed by atoms with Crippen LogP contribution in [0.3, 0.4) is 0 Å². The number of urea groups is 1. The zero-order valence-corrected chi connectivity index (χ0v) is 15.3. The summed E-state index contributed by atoms with van der Waals surface area (Å²) in [4.78, 5) is 13.4. The highest BCUT2D eigenvalue weighted by molar-refractivity contribution is 7.98. The summed E-state index contributed by atoms with van der Waals surface area (Å²) in [5.41, 5.74) is 3.81. The third-order valence-corrected chi connectivity index (χ3v) is 4.57. The van der Waals surface area contributed by atoms with E-state index >= 15 is 0 Å². The van der Waals surface area contributed by atoms with Crippen LogP contribution in [-0.4, -0.2) is 12.3 Å². The molecule has 3 nitrogen and oxygen atoms in total. The van der Waals surface area contributed by atoms with Crippen molar-refractivity contribution in [1.82, 2.24) is 5.32 Å². The molecular formula is C22H20N2OS. The SMILES string of the molecule is CSc1cccc(NC(=O)NC=C(c2ccccc2)c2ccccc2)c1. The molecule has 0 bridgehead atoms. The van der Waals surface area contributed by atoms with Crippen molar-refractivity contribution in [3.63, 3.8) is 0 Å². The number of hydrogen-bond donors (Lipinski definition) is 2. The summed E-state index contributed by atoms with van der Waals surface area (Å²) in [6.45, 7) is 0. The van der Waals surface area contributed by atoms with Gasteiger partial charge in [0, 0.05) is 22.4 Å². The van der Waals surface area contributed by atoms with Crippen LogP contribution in [0.2, 0.25) is 0 Å². The van der Waals surface area contributed by atoms with Gasteiger partial charge in [0.1, 0.15) is 0 Å². The van der Waals surface area contributed by atoms with Crippen LogP contribution in [0.5, 0.6) is 0 Å². The first-order valence-corrected chi connectivity index (χ1v) is 9.51. The lowest BCUT2D eigenvalue weighted by molar-refractivity contribution is 0.255. The van der Waals surface area contributed by atoms with Crippen molar-refractivity contribution >= 4 is 29.1 Å². The Labute approximate surface area is 158 Å². The highest BCUT2D eigenvalue weighted by Crippen LogP contribution is 2.22. The van der Waals surface area contributed by atoms with Gasteiger partial charge in [0.15, 0.2) is 0 Å². The van der Waals surface area contributed by atoms with Crippen molar-refractivity contribution < 1.29 is 4.79 Å². The number of hydrogen-bond acceptors (Lipinski definition) is 2. The molecule has 3 rings (SSSR count). The van der Waals surface area contributed by atoms with Crippen LogP contribution < -0.4 is 10.6 Å². The maximum atomic E-state index is 12.3. The van der Waals surface area contributed by atoms with Crippen molar-refractivity contribution in [2.45, 2.75) is 4.90 Å². The summed E-state index contributed by atoms with van der Waals surface area (Å²) in [6, 6.07) is 27.5. The highest BCUT2D eigenvalue weighted by atomic mass is 32.2. The molecule has 2 amide bonds. The highest BCUT2D eigenvalue weighted by Gasteiger charge is 2.06. The Hall–Kier alpha value is -2.98. The molecule has 0 saturated carbocycles. The van der Waals surface area contributed by atoms with Crippen LogP contribution in [0.1, 0.15) is 11.1 Å². The Balaban J connectivity index is 1.79. The number of amides is 2. The van der Waals surface area contributed by atoms with E-state index in [0.29, 0.717) is 0 Å². The molecule has 0 aliphatic heterocycles. The van der Waals surface area contributed by atoms with E-state index in [1.807, 2.05) is 91.2 Å². The van der Waals surface area contributed by atoms with Crippen LogP contribution >= 0.6 is 11.8 Å². The van der Waals surface area contributed by atoms with Crippen LogP contribution in [0, 0.1) is 0 Å². The third-order valence-electron chi connectivity index (χ3n) is 3.84. The predicted molar refractivity (Wildman–Crippen MR) is 110 cm³/mol. The zero-order chi connectivity index (χ0) is 18.2. The molecule has 0 aromatic heterocycles. The fourth-order valence-corrected chi connectivity index (χ4v) is 3.03. The van der Waals surface area contributed by atoms with E-state index in [9.17, 15) is 4.79 Å². The lowest BCUT2D eigenvalue weighted by Gasteiger charge is -2.10. The molecule has 3 aromatic carbocycles. The molecule has 0 spiro atoms. The lowest BCUT2D eigenvalue weighted by atomic mass is 9.99. The third kappa shape index (κ3) is 4.77. The molecule has 0 saturated heterocycles. The van der Waals surface area contributed by atoms with E-state index in [1.165, 1.54) is 0 Å². The van der Waals surface area contributed by atoms with Gasteiger partial charge in [-0.15, -0.1) is 11.8 Å². The van der Waals surface area contributed by atoms with Crippen molar-refractivity contribution in [3.05, 3.63) is 102 Å². The van der Waals surface area contributed by atoms with Crippen molar-refractivity contribution in [2.24, 2.45) is 0 Å². The summed E-state index contributed by atoms with van der Waals surface area (Å²) in [7, 11) is 0.